The molecule has 0 aliphatic heterocycles. The average Bonchev–Trinajstić information content (AvgIpc) is 1.88. The number of rotatable bonds is 1. The Bertz CT molecular complexity index is 162. The molecule has 0 spiro atoms. The van der Waals surface area contributed by atoms with Gasteiger partial charge in [-0.2, -0.15) is 0 Å². The first-order valence-electron chi connectivity index (χ1n) is 3.13. The van der Waals surface area contributed by atoms with Crippen molar-refractivity contribution >= 4 is 5.91 Å². The standard InChI is InChI=1S/C8H12NO/c1-4-5-6-7-8(10)9(2)3/h1,4,7H2,2-3H3. The lowest BCUT2D eigenvalue weighted by Gasteiger charge is -2.05. The maximum Gasteiger partial charge on any atom is 0.234 e. The molecule has 0 rings (SSSR count). The third-order valence-corrected chi connectivity index (χ3v) is 0.988. The molecule has 0 saturated heterocycles. The highest BCUT2D eigenvalue weighted by Gasteiger charge is 1.98. The van der Waals surface area contributed by atoms with E-state index in [1.807, 2.05) is 0 Å². The SMILES string of the molecule is [CH2]CC#CCC(=O)N(C)C. The number of hydrogen-bond acceptors (Lipinski definition) is 1. The van der Waals surface area contributed by atoms with Crippen LogP contribution in [0.3, 0.4) is 0 Å². The van der Waals surface area contributed by atoms with Crippen LogP contribution in [0.4, 0.5) is 0 Å². The van der Waals surface area contributed by atoms with Crippen molar-refractivity contribution in [1.29, 1.82) is 0 Å². The van der Waals surface area contributed by atoms with Crippen LogP contribution in [0.25, 0.3) is 0 Å². The van der Waals surface area contributed by atoms with Crippen LogP contribution in [0.5, 0.6) is 0 Å². The van der Waals surface area contributed by atoms with E-state index in [0.717, 1.165) is 0 Å². The van der Waals surface area contributed by atoms with E-state index in [-0.39, 0.29) is 5.91 Å². The first kappa shape index (κ1) is 9.03. The summed E-state index contributed by atoms with van der Waals surface area (Å²) in [4.78, 5) is 12.3. The van der Waals surface area contributed by atoms with Crippen LogP contribution < -0.4 is 0 Å². The highest BCUT2D eigenvalue weighted by atomic mass is 16.2. The van der Waals surface area contributed by atoms with Crippen molar-refractivity contribution in [3.8, 4) is 11.8 Å². The second-order valence-electron chi connectivity index (χ2n) is 2.07. The second kappa shape index (κ2) is 4.87. The Hall–Kier alpha value is -0.970. The Kier molecular flexibility index (Phi) is 4.39. The van der Waals surface area contributed by atoms with Gasteiger partial charge in [0, 0.05) is 20.5 Å². The molecule has 0 heterocycles. The van der Waals surface area contributed by atoms with Gasteiger partial charge in [-0.3, -0.25) is 4.79 Å². The summed E-state index contributed by atoms with van der Waals surface area (Å²) in [6.07, 6.45) is 0.878. The van der Waals surface area contributed by atoms with E-state index in [9.17, 15) is 4.79 Å². The second-order valence-corrected chi connectivity index (χ2v) is 2.07. The lowest BCUT2D eigenvalue weighted by atomic mass is 10.3. The number of carbonyl (C=O) groups excluding carboxylic acids is 1. The fraction of sp³-hybridized carbons (Fsp3) is 0.500. The van der Waals surface area contributed by atoms with Crippen LogP contribution in [0, 0.1) is 18.8 Å². The van der Waals surface area contributed by atoms with Gasteiger partial charge < -0.3 is 4.90 Å². The molecule has 0 atom stereocenters. The molecule has 1 radical (unpaired) electrons. The van der Waals surface area contributed by atoms with Gasteiger partial charge in [-0.05, 0) is 6.92 Å². The van der Waals surface area contributed by atoms with E-state index >= 15 is 0 Å². The van der Waals surface area contributed by atoms with E-state index in [2.05, 4.69) is 18.8 Å². The Morgan fingerprint density at radius 2 is 2.10 bits per heavy atom. The van der Waals surface area contributed by atoms with Crippen molar-refractivity contribution in [2.24, 2.45) is 0 Å². The van der Waals surface area contributed by atoms with Gasteiger partial charge in [0.05, 0.1) is 6.42 Å². The molecular formula is C8H12NO. The molecule has 0 unspecified atom stereocenters. The average molecular weight is 138 g/mol. The number of nitrogens with zero attached hydrogens (tertiary/aromatic N) is 1. The third-order valence-electron chi connectivity index (χ3n) is 0.988. The molecule has 0 saturated carbocycles. The van der Waals surface area contributed by atoms with Gasteiger partial charge in [-0.15, -0.1) is 5.92 Å². The maximum absolute atomic E-state index is 10.8. The summed E-state index contributed by atoms with van der Waals surface area (Å²) in [5.41, 5.74) is 0. The Morgan fingerprint density at radius 1 is 1.50 bits per heavy atom. The van der Waals surface area contributed by atoms with Crippen LogP contribution >= 0.6 is 0 Å². The monoisotopic (exact) mass is 138 g/mol. The van der Waals surface area contributed by atoms with Crippen LogP contribution in [0.1, 0.15) is 12.8 Å². The van der Waals surface area contributed by atoms with Crippen molar-refractivity contribution in [3.63, 3.8) is 0 Å². The van der Waals surface area contributed by atoms with E-state index in [1.54, 1.807) is 14.1 Å². The van der Waals surface area contributed by atoms with Gasteiger partial charge in [0.25, 0.3) is 0 Å². The first-order valence-corrected chi connectivity index (χ1v) is 3.13. The van der Waals surface area contributed by atoms with Crippen LogP contribution in [-0.2, 0) is 4.79 Å². The summed E-state index contributed by atoms with van der Waals surface area (Å²) in [5, 5.41) is 0. The summed E-state index contributed by atoms with van der Waals surface area (Å²) >= 11 is 0. The smallest absolute Gasteiger partial charge is 0.234 e. The topological polar surface area (TPSA) is 20.3 Å². The molecular weight excluding hydrogens is 126 g/mol. The minimum Gasteiger partial charge on any atom is -0.348 e. The molecule has 2 heteroatoms. The largest absolute Gasteiger partial charge is 0.348 e. The van der Waals surface area contributed by atoms with Gasteiger partial charge in [-0.1, -0.05) is 5.92 Å². The first-order chi connectivity index (χ1) is 4.68. The summed E-state index contributed by atoms with van der Waals surface area (Å²) in [6, 6.07) is 0. The molecule has 0 aromatic heterocycles. The molecule has 2 nitrogen and oxygen atoms in total. The molecule has 10 heavy (non-hydrogen) atoms. The lowest BCUT2D eigenvalue weighted by molar-refractivity contribution is -0.127. The van der Waals surface area contributed by atoms with Gasteiger partial charge >= 0.3 is 0 Å². The zero-order valence-corrected chi connectivity index (χ0v) is 6.48. The predicted octanol–water partition coefficient (Wildman–Crippen LogP) is 0.692. The molecule has 0 aliphatic rings. The quantitative estimate of drug-likeness (QED) is 0.488. The fourth-order valence-corrected chi connectivity index (χ4v) is 0.385. The van der Waals surface area contributed by atoms with E-state index < -0.39 is 0 Å². The lowest BCUT2D eigenvalue weighted by Crippen LogP contribution is -2.20. The minimum atomic E-state index is 0.0425. The van der Waals surface area contributed by atoms with Crippen LogP contribution in [0.2, 0.25) is 0 Å². The number of amides is 1. The molecule has 0 aromatic rings. The predicted molar refractivity (Wildman–Crippen MR) is 41.1 cm³/mol. The summed E-state index contributed by atoms with van der Waals surface area (Å²) in [7, 11) is 3.43. The zero-order chi connectivity index (χ0) is 7.98. The number of carbonyl (C=O) groups is 1. The van der Waals surface area contributed by atoms with Gasteiger partial charge in [0.1, 0.15) is 0 Å². The summed E-state index contributed by atoms with van der Waals surface area (Å²) in [6.45, 7) is 3.53. The molecule has 0 fully saturated rings. The maximum atomic E-state index is 10.8. The molecule has 0 aliphatic carbocycles. The normalized spacial score (nSPS) is 7.90. The highest BCUT2D eigenvalue weighted by molar-refractivity contribution is 5.78. The Balaban J connectivity index is 3.59. The van der Waals surface area contributed by atoms with Gasteiger partial charge in [0.2, 0.25) is 5.91 Å². The van der Waals surface area contributed by atoms with E-state index in [0.29, 0.717) is 12.8 Å². The highest BCUT2D eigenvalue weighted by Crippen LogP contribution is 1.83. The van der Waals surface area contributed by atoms with Crippen molar-refractivity contribution in [1.82, 2.24) is 4.90 Å². The van der Waals surface area contributed by atoms with Crippen molar-refractivity contribution in [3.05, 3.63) is 6.92 Å². The Labute approximate surface area is 62.2 Å². The Morgan fingerprint density at radius 3 is 2.50 bits per heavy atom. The third kappa shape index (κ3) is 3.96. The van der Waals surface area contributed by atoms with Gasteiger partial charge in [0.15, 0.2) is 0 Å². The van der Waals surface area contributed by atoms with Crippen molar-refractivity contribution in [2.45, 2.75) is 12.8 Å². The van der Waals surface area contributed by atoms with Crippen LogP contribution in [0.15, 0.2) is 0 Å². The van der Waals surface area contributed by atoms with E-state index in [1.165, 1.54) is 4.90 Å². The summed E-state index contributed by atoms with van der Waals surface area (Å²) in [5.74, 6) is 5.48. The molecule has 0 N–H and O–H groups in total. The molecule has 0 aromatic carbocycles. The van der Waals surface area contributed by atoms with Crippen LogP contribution in [-0.4, -0.2) is 24.9 Å². The van der Waals surface area contributed by atoms with Gasteiger partial charge in [-0.25, -0.2) is 0 Å². The van der Waals surface area contributed by atoms with E-state index in [4.69, 9.17) is 0 Å². The fourth-order valence-electron chi connectivity index (χ4n) is 0.385. The summed E-state index contributed by atoms with van der Waals surface area (Å²) < 4.78 is 0. The van der Waals surface area contributed by atoms with Crippen molar-refractivity contribution < 1.29 is 4.79 Å². The van der Waals surface area contributed by atoms with Crippen molar-refractivity contribution in [2.75, 3.05) is 14.1 Å². The molecule has 55 valence electrons. The molecule has 0 bridgehead atoms. The minimum absolute atomic E-state index is 0.0425. The zero-order valence-electron chi connectivity index (χ0n) is 6.48. The molecule has 1 amide bonds. The number of hydrogen-bond donors (Lipinski definition) is 0.